The number of piperidine rings is 1. The van der Waals surface area contributed by atoms with E-state index in [0.29, 0.717) is 36.8 Å². The fourth-order valence-electron chi connectivity index (χ4n) is 4.33. The van der Waals surface area contributed by atoms with Crippen molar-refractivity contribution in [2.75, 3.05) is 19.7 Å². The molecule has 0 unspecified atom stereocenters. The van der Waals surface area contributed by atoms with E-state index >= 15 is 0 Å². The third kappa shape index (κ3) is 4.53. The quantitative estimate of drug-likeness (QED) is 0.719. The van der Waals surface area contributed by atoms with Gasteiger partial charge in [0.2, 0.25) is 10.0 Å². The van der Waals surface area contributed by atoms with Crippen LogP contribution in [0.2, 0.25) is 0 Å². The molecule has 2 fully saturated rings. The van der Waals surface area contributed by atoms with Crippen LogP contribution in [0.1, 0.15) is 40.0 Å². The number of carbonyl (C=O) groups is 1. The number of amides is 1. The van der Waals surface area contributed by atoms with Gasteiger partial charge in [0.05, 0.1) is 30.0 Å². The Morgan fingerprint density at radius 1 is 1.28 bits per heavy atom. The molecular formula is C22H29N3O6S. The summed E-state index contributed by atoms with van der Waals surface area (Å²) in [6.07, 6.45) is 2.33. The average Bonchev–Trinajstić information content (AvgIpc) is 3.08. The minimum Gasteiger partial charge on any atom is -0.506 e. The lowest BCUT2D eigenvalue weighted by Crippen LogP contribution is -2.47. The summed E-state index contributed by atoms with van der Waals surface area (Å²) in [6.45, 7) is 6.29. The van der Waals surface area contributed by atoms with Gasteiger partial charge in [-0.3, -0.25) is 4.98 Å². The van der Waals surface area contributed by atoms with Gasteiger partial charge in [0.15, 0.2) is 0 Å². The topological polar surface area (TPSA) is 118 Å². The molecule has 2 saturated heterocycles. The summed E-state index contributed by atoms with van der Waals surface area (Å²) in [5.41, 5.74) is -0.524. The van der Waals surface area contributed by atoms with Crippen LogP contribution in [0.3, 0.4) is 0 Å². The van der Waals surface area contributed by atoms with Gasteiger partial charge in [0.1, 0.15) is 16.2 Å². The molecule has 1 aromatic heterocycles. The van der Waals surface area contributed by atoms with Gasteiger partial charge in [-0.25, -0.2) is 13.2 Å². The van der Waals surface area contributed by atoms with Crippen molar-refractivity contribution in [2.45, 2.75) is 62.2 Å². The Bertz CT molecular complexity index is 1120. The second kappa shape index (κ2) is 8.17. The molecule has 9 nitrogen and oxygen atoms in total. The molecule has 10 heteroatoms. The third-order valence-electron chi connectivity index (χ3n) is 5.89. The van der Waals surface area contributed by atoms with Crippen molar-refractivity contribution in [1.82, 2.24) is 14.6 Å². The minimum absolute atomic E-state index is 0.179. The lowest BCUT2D eigenvalue weighted by molar-refractivity contribution is -0.0312. The van der Waals surface area contributed by atoms with Crippen molar-refractivity contribution < 1.29 is 27.8 Å². The standard InChI is InChI=1S/C22H29N3O6S/c1-21(2,3)31-20(27)24-15-12-22(30-14-15)8-10-25(11-9-22)32(28,29)18-13-23-17-7-5-4-6-16(17)19(18)26/h4-7,13,15H,8-12,14H2,1-3H3,(H,23,26)(H,24,27)/t15-/m1/s1. The summed E-state index contributed by atoms with van der Waals surface area (Å²) in [5.74, 6) is -0.283. The number of pyridine rings is 1. The van der Waals surface area contributed by atoms with E-state index in [9.17, 15) is 18.3 Å². The van der Waals surface area contributed by atoms with Crippen molar-refractivity contribution in [3.05, 3.63) is 30.5 Å². The molecule has 1 aromatic carbocycles. The number of aromatic hydroxyl groups is 1. The fraction of sp³-hybridized carbons (Fsp3) is 0.545. The number of para-hydroxylation sites is 1. The predicted octanol–water partition coefficient (Wildman–Crippen LogP) is 2.78. The molecule has 0 radical (unpaired) electrons. The Morgan fingerprint density at radius 3 is 2.66 bits per heavy atom. The van der Waals surface area contributed by atoms with Gasteiger partial charge in [0.25, 0.3) is 0 Å². The summed E-state index contributed by atoms with van der Waals surface area (Å²) in [5, 5.41) is 13.8. The van der Waals surface area contributed by atoms with Gasteiger partial charge in [-0.1, -0.05) is 12.1 Å². The SMILES string of the molecule is CC(C)(C)OC(=O)N[C@H]1COC2(CCN(S(=O)(=O)c3cnc4ccccc4c3O)CC2)C1. The zero-order valence-corrected chi connectivity index (χ0v) is 19.3. The lowest BCUT2D eigenvalue weighted by Gasteiger charge is -2.38. The van der Waals surface area contributed by atoms with Crippen LogP contribution in [0.25, 0.3) is 10.9 Å². The summed E-state index contributed by atoms with van der Waals surface area (Å²) in [4.78, 5) is 16.0. The predicted molar refractivity (Wildman–Crippen MR) is 118 cm³/mol. The largest absolute Gasteiger partial charge is 0.506 e. The van der Waals surface area contributed by atoms with Crippen LogP contribution < -0.4 is 5.32 Å². The molecule has 1 amide bonds. The van der Waals surface area contributed by atoms with Crippen molar-refractivity contribution >= 4 is 27.0 Å². The zero-order chi connectivity index (χ0) is 23.1. The van der Waals surface area contributed by atoms with E-state index in [1.54, 1.807) is 45.0 Å². The molecule has 2 N–H and O–H groups in total. The van der Waals surface area contributed by atoms with E-state index in [2.05, 4.69) is 10.3 Å². The average molecular weight is 464 g/mol. The van der Waals surface area contributed by atoms with E-state index in [4.69, 9.17) is 9.47 Å². The minimum atomic E-state index is -3.91. The molecule has 0 bridgehead atoms. The highest BCUT2D eigenvalue weighted by molar-refractivity contribution is 7.89. The van der Waals surface area contributed by atoms with Crippen molar-refractivity contribution in [3.8, 4) is 5.75 Å². The number of hydrogen-bond acceptors (Lipinski definition) is 7. The van der Waals surface area contributed by atoms with E-state index in [1.807, 2.05) is 0 Å². The molecule has 1 atom stereocenters. The van der Waals surface area contributed by atoms with Crippen LogP contribution in [-0.2, 0) is 19.5 Å². The molecule has 4 rings (SSSR count). The maximum atomic E-state index is 13.2. The first kappa shape index (κ1) is 22.8. The number of nitrogens with one attached hydrogen (secondary N) is 1. The number of sulfonamides is 1. The number of benzene rings is 1. The molecular weight excluding hydrogens is 434 g/mol. The van der Waals surface area contributed by atoms with E-state index in [0.717, 1.165) is 0 Å². The van der Waals surface area contributed by atoms with Crippen molar-refractivity contribution in [2.24, 2.45) is 0 Å². The zero-order valence-electron chi connectivity index (χ0n) is 18.5. The van der Waals surface area contributed by atoms with Crippen LogP contribution in [-0.4, -0.2) is 65.8 Å². The number of alkyl carbamates (subject to hydrolysis) is 1. The summed E-state index contributed by atoms with van der Waals surface area (Å²) < 4.78 is 39.1. The number of rotatable bonds is 3. The van der Waals surface area contributed by atoms with E-state index < -0.39 is 27.3 Å². The van der Waals surface area contributed by atoms with Gasteiger partial charge < -0.3 is 19.9 Å². The number of fused-ring (bicyclic) bond motifs is 1. The van der Waals surface area contributed by atoms with Gasteiger partial charge in [-0.2, -0.15) is 4.31 Å². The van der Waals surface area contributed by atoms with Crippen LogP contribution in [0.15, 0.2) is 35.4 Å². The van der Waals surface area contributed by atoms with E-state index in [1.165, 1.54) is 10.5 Å². The molecule has 3 heterocycles. The summed E-state index contributed by atoms with van der Waals surface area (Å²) >= 11 is 0. The first-order valence-corrected chi connectivity index (χ1v) is 12.1. The molecule has 2 aliphatic rings. The maximum Gasteiger partial charge on any atom is 0.407 e. The Labute approximate surface area is 187 Å². The van der Waals surface area contributed by atoms with E-state index in [-0.39, 0.29) is 29.8 Å². The molecule has 174 valence electrons. The first-order valence-electron chi connectivity index (χ1n) is 10.7. The molecule has 2 aliphatic heterocycles. The molecule has 0 saturated carbocycles. The fourth-order valence-corrected chi connectivity index (χ4v) is 5.81. The molecule has 0 aliphatic carbocycles. The molecule has 32 heavy (non-hydrogen) atoms. The highest BCUT2D eigenvalue weighted by atomic mass is 32.2. The van der Waals surface area contributed by atoms with Gasteiger partial charge in [-0.05, 0) is 52.2 Å². The number of nitrogens with zero attached hydrogens (tertiary/aromatic N) is 2. The number of aromatic nitrogens is 1. The molecule has 2 aromatic rings. The Kier molecular flexibility index (Phi) is 5.81. The highest BCUT2D eigenvalue weighted by Gasteiger charge is 2.45. The number of carbonyl (C=O) groups excluding carboxylic acids is 1. The van der Waals surface area contributed by atoms with Crippen molar-refractivity contribution in [1.29, 1.82) is 0 Å². The first-order chi connectivity index (χ1) is 15.0. The maximum absolute atomic E-state index is 13.2. The monoisotopic (exact) mass is 463 g/mol. The Hall–Kier alpha value is -2.43. The second-order valence-electron chi connectivity index (χ2n) is 9.43. The van der Waals surface area contributed by atoms with Crippen LogP contribution in [0.4, 0.5) is 4.79 Å². The Balaban J connectivity index is 1.42. The second-order valence-corrected chi connectivity index (χ2v) is 11.3. The van der Waals surface area contributed by atoms with Crippen LogP contribution in [0, 0.1) is 0 Å². The van der Waals surface area contributed by atoms with Gasteiger partial charge >= 0.3 is 6.09 Å². The van der Waals surface area contributed by atoms with Gasteiger partial charge in [-0.15, -0.1) is 0 Å². The smallest absolute Gasteiger partial charge is 0.407 e. The number of hydrogen-bond donors (Lipinski definition) is 2. The van der Waals surface area contributed by atoms with Crippen LogP contribution in [0.5, 0.6) is 5.75 Å². The molecule has 1 spiro atoms. The number of ether oxygens (including phenoxy) is 2. The summed E-state index contributed by atoms with van der Waals surface area (Å²) in [6, 6.07) is 6.69. The highest BCUT2D eigenvalue weighted by Crippen LogP contribution is 2.39. The summed E-state index contributed by atoms with van der Waals surface area (Å²) in [7, 11) is -3.91. The van der Waals surface area contributed by atoms with Crippen LogP contribution >= 0.6 is 0 Å². The van der Waals surface area contributed by atoms with Crippen molar-refractivity contribution in [3.63, 3.8) is 0 Å². The Morgan fingerprint density at radius 2 is 1.97 bits per heavy atom. The lowest BCUT2D eigenvalue weighted by atomic mass is 9.88. The third-order valence-corrected chi connectivity index (χ3v) is 7.79. The van der Waals surface area contributed by atoms with Gasteiger partial charge in [0, 0.05) is 18.5 Å². The normalized spacial score (nSPS) is 21.7.